The number of carbonyl (C=O) groups is 1. The van der Waals surface area contributed by atoms with Crippen LogP contribution in [0.5, 0.6) is 0 Å². The van der Waals surface area contributed by atoms with Gasteiger partial charge in [-0.25, -0.2) is 0 Å². The molecule has 102 valence electrons. The third kappa shape index (κ3) is 2.69. The van der Waals surface area contributed by atoms with Crippen molar-refractivity contribution in [3.05, 3.63) is 38.9 Å². The van der Waals surface area contributed by atoms with Crippen molar-refractivity contribution in [3.63, 3.8) is 0 Å². The van der Waals surface area contributed by atoms with Crippen LogP contribution in [0.2, 0.25) is 5.02 Å². The minimum atomic E-state index is -0.533. The highest BCUT2D eigenvalue weighted by Gasteiger charge is 2.29. The average Bonchev–Trinajstić information content (AvgIpc) is 2.32. The summed E-state index contributed by atoms with van der Waals surface area (Å²) >= 11 is 5.98. The Labute approximate surface area is 115 Å². The maximum Gasteiger partial charge on any atom is 0.270 e. The fourth-order valence-electron chi connectivity index (χ4n) is 2.01. The molecule has 1 fully saturated rings. The Kier molecular flexibility index (Phi) is 4.01. The number of nitrogens with one attached hydrogen (secondary N) is 1. The van der Waals surface area contributed by atoms with Gasteiger partial charge >= 0.3 is 0 Å². The van der Waals surface area contributed by atoms with E-state index in [0.717, 1.165) is 13.1 Å². The molecule has 0 unspecified atom stereocenters. The molecule has 1 aromatic carbocycles. The SMILES string of the molecule is CCN(C(=O)c1cc([N+](=O)[O-])ccc1Cl)C1CNC1. The number of hydrogen-bond acceptors (Lipinski definition) is 4. The highest BCUT2D eigenvalue weighted by molar-refractivity contribution is 6.33. The van der Waals surface area contributed by atoms with Crippen molar-refractivity contribution in [2.75, 3.05) is 19.6 Å². The molecule has 0 aliphatic carbocycles. The van der Waals surface area contributed by atoms with Crippen LogP contribution in [0.4, 0.5) is 5.69 Å². The van der Waals surface area contributed by atoms with Crippen molar-refractivity contribution >= 4 is 23.2 Å². The van der Waals surface area contributed by atoms with Gasteiger partial charge in [-0.3, -0.25) is 14.9 Å². The second-order valence-corrected chi connectivity index (χ2v) is 4.73. The summed E-state index contributed by atoms with van der Waals surface area (Å²) < 4.78 is 0. The molecule has 1 aromatic rings. The van der Waals surface area contributed by atoms with Gasteiger partial charge in [-0.2, -0.15) is 0 Å². The van der Waals surface area contributed by atoms with Crippen LogP contribution in [0, 0.1) is 10.1 Å². The number of non-ortho nitro benzene ring substituents is 1. The monoisotopic (exact) mass is 283 g/mol. The Hall–Kier alpha value is -1.66. The van der Waals surface area contributed by atoms with Gasteiger partial charge in [0.15, 0.2) is 0 Å². The van der Waals surface area contributed by atoms with Crippen LogP contribution in [0.3, 0.4) is 0 Å². The highest BCUT2D eigenvalue weighted by Crippen LogP contribution is 2.24. The van der Waals surface area contributed by atoms with E-state index < -0.39 is 4.92 Å². The molecule has 0 atom stereocenters. The number of amides is 1. The fraction of sp³-hybridized carbons (Fsp3) is 0.417. The van der Waals surface area contributed by atoms with Gasteiger partial charge in [0.2, 0.25) is 0 Å². The Morgan fingerprint density at radius 2 is 2.26 bits per heavy atom. The summed E-state index contributed by atoms with van der Waals surface area (Å²) in [6.45, 7) is 3.91. The standard InChI is InChI=1S/C12H14ClN3O3/c1-2-15(9-6-14-7-9)12(17)10-5-8(16(18)19)3-4-11(10)13/h3-5,9,14H,2,6-7H2,1H3. The molecule has 0 bridgehead atoms. The minimum absolute atomic E-state index is 0.129. The van der Waals surface area contributed by atoms with Crippen molar-refractivity contribution in [1.29, 1.82) is 0 Å². The number of nitro benzene ring substituents is 1. The molecule has 0 radical (unpaired) electrons. The van der Waals surface area contributed by atoms with Crippen LogP contribution in [0.25, 0.3) is 0 Å². The molecule has 0 spiro atoms. The first kappa shape index (κ1) is 13.8. The summed E-state index contributed by atoms with van der Waals surface area (Å²) in [5.74, 6) is -0.261. The smallest absolute Gasteiger partial charge is 0.270 e. The van der Waals surface area contributed by atoms with Crippen LogP contribution in [-0.4, -0.2) is 41.4 Å². The zero-order chi connectivity index (χ0) is 14.0. The zero-order valence-electron chi connectivity index (χ0n) is 10.4. The number of nitro groups is 1. The number of rotatable bonds is 4. The lowest BCUT2D eigenvalue weighted by Gasteiger charge is -2.37. The molecule has 1 N–H and O–H groups in total. The summed E-state index contributed by atoms with van der Waals surface area (Å²) in [5.41, 5.74) is 0.0557. The molecule has 1 amide bonds. The molecule has 1 saturated heterocycles. The molecule has 1 heterocycles. The topological polar surface area (TPSA) is 75.5 Å². The van der Waals surface area contributed by atoms with Gasteiger partial charge in [0.25, 0.3) is 11.6 Å². The normalized spacial score (nSPS) is 14.8. The maximum atomic E-state index is 12.4. The van der Waals surface area contributed by atoms with E-state index in [0.29, 0.717) is 6.54 Å². The van der Waals surface area contributed by atoms with Gasteiger partial charge in [0.1, 0.15) is 0 Å². The molecule has 2 rings (SSSR count). The number of hydrogen-bond donors (Lipinski definition) is 1. The van der Waals surface area contributed by atoms with Crippen LogP contribution >= 0.6 is 11.6 Å². The van der Waals surface area contributed by atoms with Gasteiger partial charge < -0.3 is 10.2 Å². The fourth-order valence-corrected chi connectivity index (χ4v) is 2.21. The van der Waals surface area contributed by atoms with Gasteiger partial charge in [-0.1, -0.05) is 11.6 Å². The van der Waals surface area contributed by atoms with Crippen molar-refractivity contribution < 1.29 is 9.72 Å². The third-order valence-corrected chi connectivity index (χ3v) is 3.52. The van der Waals surface area contributed by atoms with Crippen LogP contribution in [0.15, 0.2) is 18.2 Å². The second-order valence-electron chi connectivity index (χ2n) is 4.32. The molecule has 0 saturated carbocycles. The van der Waals surface area contributed by atoms with E-state index in [4.69, 9.17) is 11.6 Å². The predicted molar refractivity (Wildman–Crippen MR) is 71.5 cm³/mol. The van der Waals surface area contributed by atoms with Crippen molar-refractivity contribution in [3.8, 4) is 0 Å². The summed E-state index contributed by atoms with van der Waals surface area (Å²) in [5, 5.41) is 14.1. The number of carbonyl (C=O) groups excluding carboxylic acids is 1. The van der Waals surface area contributed by atoms with Gasteiger partial charge in [-0.05, 0) is 13.0 Å². The van der Waals surface area contributed by atoms with Crippen molar-refractivity contribution in [1.82, 2.24) is 10.2 Å². The van der Waals surface area contributed by atoms with Crippen LogP contribution < -0.4 is 5.32 Å². The van der Waals surface area contributed by atoms with E-state index >= 15 is 0 Å². The van der Waals surface area contributed by atoms with E-state index in [1.54, 1.807) is 4.90 Å². The number of likely N-dealkylation sites (N-methyl/N-ethyl adjacent to an activating group) is 1. The molecule has 6 nitrogen and oxygen atoms in total. The Morgan fingerprint density at radius 1 is 1.58 bits per heavy atom. The lowest BCUT2D eigenvalue weighted by atomic mass is 10.1. The predicted octanol–water partition coefficient (Wildman–Crippen LogP) is 1.68. The Morgan fingerprint density at radius 3 is 2.74 bits per heavy atom. The first-order valence-electron chi connectivity index (χ1n) is 6.00. The number of halogens is 1. The van der Waals surface area contributed by atoms with E-state index in [-0.39, 0.29) is 28.2 Å². The number of benzene rings is 1. The van der Waals surface area contributed by atoms with E-state index in [2.05, 4.69) is 5.32 Å². The van der Waals surface area contributed by atoms with Crippen molar-refractivity contribution in [2.24, 2.45) is 0 Å². The summed E-state index contributed by atoms with van der Waals surface area (Å²) in [7, 11) is 0. The van der Waals surface area contributed by atoms with Crippen LogP contribution in [-0.2, 0) is 0 Å². The lowest BCUT2D eigenvalue weighted by Crippen LogP contribution is -2.58. The quantitative estimate of drug-likeness (QED) is 0.674. The molecular formula is C12H14ClN3O3. The van der Waals surface area contributed by atoms with Gasteiger partial charge in [0, 0.05) is 31.8 Å². The van der Waals surface area contributed by atoms with Crippen molar-refractivity contribution in [2.45, 2.75) is 13.0 Å². The Balaban J connectivity index is 2.31. The average molecular weight is 284 g/mol. The van der Waals surface area contributed by atoms with E-state index in [1.807, 2.05) is 6.92 Å². The maximum absolute atomic E-state index is 12.4. The molecule has 19 heavy (non-hydrogen) atoms. The first-order valence-corrected chi connectivity index (χ1v) is 6.38. The summed E-state index contributed by atoms with van der Waals surface area (Å²) in [4.78, 5) is 24.3. The van der Waals surface area contributed by atoms with Gasteiger partial charge in [-0.15, -0.1) is 0 Å². The van der Waals surface area contributed by atoms with E-state index in [1.165, 1.54) is 18.2 Å². The number of nitrogens with zero attached hydrogens (tertiary/aromatic N) is 2. The molecule has 0 aromatic heterocycles. The van der Waals surface area contributed by atoms with E-state index in [9.17, 15) is 14.9 Å². The molecule has 1 aliphatic rings. The lowest BCUT2D eigenvalue weighted by molar-refractivity contribution is -0.384. The first-order chi connectivity index (χ1) is 9.04. The summed E-state index contributed by atoms with van der Waals surface area (Å²) in [6.07, 6.45) is 0. The van der Waals surface area contributed by atoms with Gasteiger partial charge in [0.05, 0.1) is 21.6 Å². The Bertz CT molecular complexity index is 517. The molecule has 7 heteroatoms. The highest BCUT2D eigenvalue weighted by atomic mass is 35.5. The molecule has 1 aliphatic heterocycles. The second kappa shape index (κ2) is 5.54. The largest absolute Gasteiger partial charge is 0.333 e. The minimum Gasteiger partial charge on any atom is -0.333 e. The van der Waals surface area contributed by atoms with Crippen LogP contribution in [0.1, 0.15) is 17.3 Å². The third-order valence-electron chi connectivity index (χ3n) is 3.19. The summed E-state index contributed by atoms with van der Waals surface area (Å²) in [6, 6.07) is 4.05. The molecular weight excluding hydrogens is 270 g/mol. The zero-order valence-corrected chi connectivity index (χ0v) is 11.2.